The second kappa shape index (κ2) is 9.22. The standard InChI is InChI=1S/C18H25N5O4/c1-25-14-9-15(26-2)11-16(10-14)27-8-7-20-18(24)17-12-23(22-21-17)13-3-5-19-6-4-13/h9-13,19H,3-8H2,1-2H3,(H,20,24). The predicted octanol–water partition coefficient (Wildman–Crippen LogP) is 1.03. The molecule has 1 aromatic heterocycles. The number of methoxy groups -OCH3 is 2. The molecule has 2 aromatic rings. The number of aromatic nitrogens is 3. The van der Waals surface area contributed by atoms with E-state index in [1.54, 1.807) is 43.3 Å². The number of piperidine rings is 1. The van der Waals surface area contributed by atoms with Gasteiger partial charge in [-0.05, 0) is 25.9 Å². The third kappa shape index (κ3) is 5.10. The van der Waals surface area contributed by atoms with Crippen LogP contribution in [0.1, 0.15) is 29.4 Å². The molecular weight excluding hydrogens is 350 g/mol. The molecule has 9 nitrogen and oxygen atoms in total. The van der Waals surface area contributed by atoms with Gasteiger partial charge in [-0.2, -0.15) is 0 Å². The first-order valence-electron chi connectivity index (χ1n) is 8.96. The largest absolute Gasteiger partial charge is 0.496 e. The van der Waals surface area contributed by atoms with Crippen molar-refractivity contribution in [3.8, 4) is 17.2 Å². The molecule has 1 aromatic carbocycles. The second-order valence-corrected chi connectivity index (χ2v) is 6.22. The summed E-state index contributed by atoms with van der Waals surface area (Å²) in [5.74, 6) is 1.63. The third-order valence-corrected chi connectivity index (χ3v) is 4.41. The number of nitrogens with zero attached hydrogens (tertiary/aromatic N) is 3. The molecule has 1 fully saturated rings. The van der Waals surface area contributed by atoms with Crippen molar-refractivity contribution in [3.63, 3.8) is 0 Å². The minimum atomic E-state index is -0.262. The zero-order valence-corrected chi connectivity index (χ0v) is 15.6. The van der Waals surface area contributed by atoms with Crippen molar-refractivity contribution in [1.29, 1.82) is 0 Å². The lowest BCUT2D eigenvalue weighted by Crippen LogP contribution is -2.30. The summed E-state index contributed by atoms with van der Waals surface area (Å²) < 4.78 is 17.8. The zero-order chi connectivity index (χ0) is 19.1. The van der Waals surface area contributed by atoms with Crippen LogP contribution in [0.2, 0.25) is 0 Å². The number of rotatable bonds is 8. The van der Waals surface area contributed by atoms with Gasteiger partial charge in [-0.3, -0.25) is 4.79 Å². The molecule has 0 unspecified atom stereocenters. The molecule has 0 atom stereocenters. The van der Waals surface area contributed by atoms with E-state index in [0.29, 0.717) is 42.1 Å². The van der Waals surface area contributed by atoms with Crippen LogP contribution in [-0.2, 0) is 0 Å². The molecule has 0 spiro atoms. The van der Waals surface area contributed by atoms with Crippen LogP contribution in [0, 0.1) is 0 Å². The van der Waals surface area contributed by atoms with E-state index in [2.05, 4.69) is 20.9 Å². The van der Waals surface area contributed by atoms with Gasteiger partial charge in [0.25, 0.3) is 5.91 Å². The minimum absolute atomic E-state index is 0.262. The van der Waals surface area contributed by atoms with Crippen molar-refractivity contribution in [1.82, 2.24) is 25.6 Å². The third-order valence-electron chi connectivity index (χ3n) is 4.41. The molecule has 146 valence electrons. The van der Waals surface area contributed by atoms with Crippen LogP contribution in [0.15, 0.2) is 24.4 Å². The zero-order valence-electron chi connectivity index (χ0n) is 15.6. The van der Waals surface area contributed by atoms with Gasteiger partial charge in [-0.15, -0.1) is 5.10 Å². The van der Waals surface area contributed by atoms with Gasteiger partial charge in [0.2, 0.25) is 0 Å². The van der Waals surface area contributed by atoms with Gasteiger partial charge in [0.05, 0.1) is 33.0 Å². The summed E-state index contributed by atoms with van der Waals surface area (Å²) in [6.45, 7) is 2.57. The lowest BCUT2D eigenvalue weighted by Gasteiger charge is -2.22. The van der Waals surface area contributed by atoms with E-state index in [1.807, 2.05) is 0 Å². The average molecular weight is 375 g/mol. The Morgan fingerprint density at radius 3 is 2.52 bits per heavy atom. The molecule has 0 bridgehead atoms. The van der Waals surface area contributed by atoms with E-state index in [4.69, 9.17) is 14.2 Å². The lowest BCUT2D eigenvalue weighted by molar-refractivity contribution is 0.0942. The maximum Gasteiger partial charge on any atom is 0.273 e. The van der Waals surface area contributed by atoms with E-state index < -0.39 is 0 Å². The predicted molar refractivity (Wildman–Crippen MR) is 98.5 cm³/mol. The van der Waals surface area contributed by atoms with Crippen LogP contribution in [0.4, 0.5) is 0 Å². The fraction of sp³-hybridized carbons (Fsp3) is 0.500. The number of hydrogen-bond acceptors (Lipinski definition) is 7. The Balaban J connectivity index is 1.46. The number of amides is 1. The first kappa shape index (κ1) is 19.0. The molecule has 1 amide bonds. The van der Waals surface area contributed by atoms with Crippen molar-refractivity contribution in [2.45, 2.75) is 18.9 Å². The Morgan fingerprint density at radius 1 is 1.19 bits per heavy atom. The number of hydrogen-bond donors (Lipinski definition) is 2. The first-order chi connectivity index (χ1) is 13.2. The Kier molecular flexibility index (Phi) is 6.48. The highest BCUT2D eigenvalue weighted by Gasteiger charge is 2.18. The highest BCUT2D eigenvalue weighted by Crippen LogP contribution is 2.27. The van der Waals surface area contributed by atoms with Gasteiger partial charge < -0.3 is 24.8 Å². The number of carbonyl (C=O) groups is 1. The van der Waals surface area contributed by atoms with E-state index in [1.165, 1.54) is 0 Å². The fourth-order valence-corrected chi connectivity index (χ4v) is 2.92. The van der Waals surface area contributed by atoms with Crippen LogP contribution in [0.3, 0.4) is 0 Å². The highest BCUT2D eigenvalue weighted by atomic mass is 16.5. The molecule has 0 radical (unpaired) electrons. The van der Waals surface area contributed by atoms with Crippen molar-refractivity contribution in [2.24, 2.45) is 0 Å². The molecule has 2 heterocycles. The normalized spacial score (nSPS) is 14.6. The fourth-order valence-electron chi connectivity index (χ4n) is 2.92. The number of nitrogens with one attached hydrogen (secondary N) is 2. The molecule has 2 N–H and O–H groups in total. The minimum Gasteiger partial charge on any atom is -0.496 e. The van der Waals surface area contributed by atoms with Gasteiger partial charge in [0.15, 0.2) is 5.69 Å². The summed E-state index contributed by atoms with van der Waals surface area (Å²) in [6, 6.07) is 5.58. The number of benzene rings is 1. The monoisotopic (exact) mass is 375 g/mol. The highest BCUT2D eigenvalue weighted by molar-refractivity contribution is 5.91. The Morgan fingerprint density at radius 2 is 1.85 bits per heavy atom. The van der Waals surface area contributed by atoms with Gasteiger partial charge in [0, 0.05) is 18.2 Å². The van der Waals surface area contributed by atoms with E-state index in [0.717, 1.165) is 25.9 Å². The maximum absolute atomic E-state index is 12.2. The van der Waals surface area contributed by atoms with Gasteiger partial charge >= 0.3 is 0 Å². The van der Waals surface area contributed by atoms with Crippen LogP contribution < -0.4 is 24.8 Å². The topological polar surface area (TPSA) is 99.5 Å². The molecular formula is C18H25N5O4. The van der Waals surface area contributed by atoms with Crippen LogP contribution in [0.5, 0.6) is 17.2 Å². The van der Waals surface area contributed by atoms with E-state index in [-0.39, 0.29) is 5.91 Å². The SMILES string of the molecule is COc1cc(OC)cc(OCCNC(=O)c2cn(C3CCNCC3)nn2)c1. The van der Waals surface area contributed by atoms with Gasteiger partial charge in [0.1, 0.15) is 23.9 Å². The summed E-state index contributed by atoms with van der Waals surface area (Å²) in [5, 5.41) is 14.2. The smallest absolute Gasteiger partial charge is 0.273 e. The quantitative estimate of drug-likeness (QED) is 0.665. The Hall–Kier alpha value is -2.81. The Labute approximate surface area is 158 Å². The molecule has 1 aliphatic heterocycles. The van der Waals surface area contributed by atoms with Crippen LogP contribution >= 0.6 is 0 Å². The average Bonchev–Trinajstić information content (AvgIpc) is 3.22. The van der Waals surface area contributed by atoms with Crippen molar-refractivity contribution < 1.29 is 19.0 Å². The summed E-state index contributed by atoms with van der Waals surface area (Å²) in [4.78, 5) is 12.2. The molecule has 3 rings (SSSR count). The maximum atomic E-state index is 12.2. The molecule has 9 heteroatoms. The van der Waals surface area contributed by atoms with Crippen molar-refractivity contribution >= 4 is 5.91 Å². The number of carbonyl (C=O) groups excluding carboxylic acids is 1. The Bertz CT molecular complexity index is 736. The van der Waals surface area contributed by atoms with Crippen LogP contribution in [-0.4, -0.2) is 61.4 Å². The molecule has 0 aliphatic carbocycles. The lowest BCUT2D eigenvalue weighted by atomic mass is 10.1. The summed E-state index contributed by atoms with van der Waals surface area (Å²) in [6.07, 6.45) is 3.68. The van der Waals surface area contributed by atoms with Crippen LogP contribution in [0.25, 0.3) is 0 Å². The number of ether oxygens (including phenoxy) is 3. The second-order valence-electron chi connectivity index (χ2n) is 6.22. The van der Waals surface area contributed by atoms with E-state index in [9.17, 15) is 4.79 Å². The molecule has 1 saturated heterocycles. The summed E-state index contributed by atoms with van der Waals surface area (Å²) in [5.41, 5.74) is 0.316. The van der Waals surface area contributed by atoms with Gasteiger partial charge in [-0.25, -0.2) is 4.68 Å². The first-order valence-corrected chi connectivity index (χ1v) is 8.96. The summed E-state index contributed by atoms with van der Waals surface area (Å²) >= 11 is 0. The van der Waals surface area contributed by atoms with E-state index >= 15 is 0 Å². The van der Waals surface area contributed by atoms with Crippen molar-refractivity contribution in [3.05, 3.63) is 30.1 Å². The summed E-state index contributed by atoms with van der Waals surface area (Å²) in [7, 11) is 3.16. The molecule has 0 saturated carbocycles. The molecule has 1 aliphatic rings. The van der Waals surface area contributed by atoms with Gasteiger partial charge in [-0.1, -0.05) is 5.21 Å². The molecule has 27 heavy (non-hydrogen) atoms. The van der Waals surface area contributed by atoms with Crippen molar-refractivity contribution in [2.75, 3.05) is 40.5 Å².